The number of rotatable bonds is 6. The highest BCUT2D eigenvalue weighted by atomic mass is 16.6. The van der Waals surface area contributed by atoms with Crippen molar-refractivity contribution in [1.29, 1.82) is 0 Å². The first kappa shape index (κ1) is 14.9. The van der Waals surface area contributed by atoms with Gasteiger partial charge in [0.05, 0.1) is 5.71 Å². The number of aliphatic hydroxyl groups is 1. The molecule has 1 aliphatic carbocycles. The molecule has 20 heavy (non-hydrogen) atoms. The Morgan fingerprint density at radius 1 is 1.50 bits per heavy atom. The average molecular weight is 281 g/mol. The predicted octanol–water partition coefficient (Wildman–Crippen LogP) is 3.11. The minimum absolute atomic E-state index is 0.0857. The molecule has 5 heteroatoms. The molecule has 1 atom stereocenters. The quantitative estimate of drug-likeness (QED) is 0.461. The van der Waals surface area contributed by atoms with Crippen molar-refractivity contribution in [2.24, 2.45) is 11.1 Å². The van der Waals surface area contributed by atoms with Crippen LogP contribution in [0.3, 0.4) is 0 Å². The normalized spacial score (nSPS) is 27.6. The first-order chi connectivity index (χ1) is 9.51. The van der Waals surface area contributed by atoms with Gasteiger partial charge in [0.25, 0.3) is 0 Å². The summed E-state index contributed by atoms with van der Waals surface area (Å²) in [6.07, 6.45) is 3.88. The standard InChI is InChI=1S/C15H23NO4/c1-4-6-11(16-19-5-2)13-12(17)9-15(3,10-7-8-10)20-14(13)18/h10,17H,4-9H2,1-3H3/b16-11+. The van der Waals surface area contributed by atoms with Crippen molar-refractivity contribution >= 4 is 11.7 Å². The molecule has 5 nitrogen and oxygen atoms in total. The maximum absolute atomic E-state index is 12.3. The number of ether oxygens (including phenoxy) is 1. The van der Waals surface area contributed by atoms with E-state index in [2.05, 4.69) is 5.16 Å². The zero-order chi connectivity index (χ0) is 14.8. The fourth-order valence-corrected chi connectivity index (χ4v) is 2.64. The smallest absolute Gasteiger partial charge is 0.344 e. The maximum Gasteiger partial charge on any atom is 0.344 e. The Hall–Kier alpha value is -1.52. The Kier molecular flexibility index (Phi) is 4.35. The molecule has 0 spiro atoms. The molecule has 0 bridgehead atoms. The van der Waals surface area contributed by atoms with Crippen LogP contribution in [0.1, 0.15) is 52.9 Å². The van der Waals surface area contributed by atoms with Crippen LogP contribution >= 0.6 is 0 Å². The van der Waals surface area contributed by atoms with E-state index in [0.717, 1.165) is 19.3 Å². The predicted molar refractivity (Wildman–Crippen MR) is 75.5 cm³/mol. The van der Waals surface area contributed by atoms with Gasteiger partial charge in [-0.3, -0.25) is 0 Å². The van der Waals surface area contributed by atoms with Crippen LogP contribution < -0.4 is 0 Å². The third-order valence-electron chi connectivity index (χ3n) is 3.86. The van der Waals surface area contributed by atoms with Crippen molar-refractivity contribution in [1.82, 2.24) is 0 Å². The zero-order valence-electron chi connectivity index (χ0n) is 12.4. The van der Waals surface area contributed by atoms with E-state index in [4.69, 9.17) is 9.57 Å². The lowest BCUT2D eigenvalue weighted by atomic mass is 9.89. The molecule has 1 saturated carbocycles. The van der Waals surface area contributed by atoms with Gasteiger partial charge in [-0.1, -0.05) is 18.5 Å². The van der Waals surface area contributed by atoms with E-state index < -0.39 is 11.6 Å². The highest BCUT2D eigenvalue weighted by molar-refractivity contribution is 6.20. The van der Waals surface area contributed by atoms with Gasteiger partial charge >= 0.3 is 5.97 Å². The van der Waals surface area contributed by atoms with Crippen molar-refractivity contribution in [3.63, 3.8) is 0 Å². The number of hydrogen-bond acceptors (Lipinski definition) is 5. The summed E-state index contributed by atoms with van der Waals surface area (Å²) < 4.78 is 5.59. The number of carbonyl (C=O) groups excluding carboxylic acids is 1. The van der Waals surface area contributed by atoms with Crippen LogP contribution in [0.4, 0.5) is 0 Å². The van der Waals surface area contributed by atoms with Crippen molar-refractivity contribution in [2.45, 2.75) is 58.5 Å². The van der Waals surface area contributed by atoms with Crippen molar-refractivity contribution in [2.75, 3.05) is 6.61 Å². The second-order valence-corrected chi connectivity index (χ2v) is 5.68. The van der Waals surface area contributed by atoms with Gasteiger partial charge in [0, 0.05) is 6.42 Å². The maximum atomic E-state index is 12.3. The molecule has 2 aliphatic rings. The molecule has 1 heterocycles. The first-order valence-electron chi connectivity index (χ1n) is 7.36. The lowest BCUT2D eigenvalue weighted by Crippen LogP contribution is -2.41. The molecular formula is C15H23NO4. The van der Waals surface area contributed by atoms with Crippen LogP contribution in [-0.2, 0) is 14.4 Å². The molecule has 0 aromatic rings. The molecule has 1 N–H and O–H groups in total. The highest BCUT2D eigenvalue weighted by Crippen LogP contribution is 2.47. The Morgan fingerprint density at radius 2 is 2.20 bits per heavy atom. The van der Waals surface area contributed by atoms with Gasteiger partial charge in [0.15, 0.2) is 0 Å². The number of hydrogen-bond donors (Lipinski definition) is 1. The van der Waals surface area contributed by atoms with Gasteiger partial charge in [0.1, 0.15) is 23.5 Å². The number of carbonyl (C=O) groups is 1. The number of oxime groups is 1. The van der Waals surface area contributed by atoms with E-state index in [0.29, 0.717) is 31.1 Å². The monoisotopic (exact) mass is 281 g/mol. The van der Waals surface area contributed by atoms with Crippen LogP contribution in [0.15, 0.2) is 16.5 Å². The summed E-state index contributed by atoms with van der Waals surface area (Å²) >= 11 is 0. The van der Waals surface area contributed by atoms with Crippen LogP contribution in [-0.4, -0.2) is 29.0 Å². The van der Waals surface area contributed by atoms with Gasteiger partial charge in [-0.05, 0) is 39.0 Å². The molecule has 0 aromatic heterocycles. The summed E-state index contributed by atoms with van der Waals surface area (Å²) in [6.45, 7) is 6.14. The van der Waals surface area contributed by atoms with Gasteiger partial charge in [-0.15, -0.1) is 0 Å². The van der Waals surface area contributed by atoms with Crippen molar-refractivity contribution in [3.05, 3.63) is 11.3 Å². The molecule has 0 aromatic carbocycles. The van der Waals surface area contributed by atoms with Crippen LogP contribution in [0.5, 0.6) is 0 Å². The summed E-state index contributed by atoms with van der Waals surface area (Å²) in [7, 11) is 0. The molecule has 0 radical (unpaired) electrons. The van der Waals surface area contributed by atoms with Gasteiger partial charge < -0.3 is 14.7 Å². The molecule has 2 rings (SSSR count). The number of esters is 1. The SMILES string of the molecule is CCC/C(=N\OCC)C1=C(O)CC(C)(C2CC2)OC1=O. The minimum Gasteiger partial charge on any atom is -0.511 e. The molecule has 1 aliphatic heterocycles. The lowest BCUT2D eigenvalue weighted by Gasteiger charge is -2.34. The van der Waals surface area contributed by atoms with Gasteiger partial charge in [0.2, 0.25) is 0 Å². The molecule has 112 valence electrons. The van der Waals surface area contributed by atoms with Crippen LogP contribution in [0.2, 0.25) is 0 Å². The van der Waals surface area contributed by atoms with Crippen LogP contribution in [0, 0.1) is 5.92 Å². The van der Waals surface area contributed by atoms with E-state index in [9.17, 15) is 9.90 Å². The summed E-state index contributed by atoms with van der Waals surface area (Å²) in [4.78, 5) is 17.3. The number of aliphatic hydroxyl groups excluding tert-OH is 1. The number of cyclic esters (lactones) is 1. The average Bonchev–Trinajstić information content (AvgIpc) is 3.19. The second kappa shape index (κ2) is 5.85. The van der Waals surface area contributed by atoms with Gasteiger partial charge in [-0.25, -0.2) is 4.79 Å². The second-order valence-electron chi connectivity index (χ2n) is 5.68. The van der Waals surface area contributed by atoms with Crippen molar-refractivity contribution in [3.8, 4) is 0 Å². The van der Waals surface area contributed by atoms with Gasteiger partial charge in [-0.2, -0.15) is 0 Å². The minimum atomic E-state index is -0.562. The largest absolute Gasteiger partial charge is 0.511 e. The zero-order valence-corrected chi connectivity index (χ0v) is 12.4. The van der Waals surface area contributed by atoms with Crippen molar-refractivity contribution < 1.29 is 19.5 Å². The van der Waals surface area contributed by atoms with E-state index in [1.54, 1.807) is 0 Å². The first-order valence-corrected chi connectivity index (χ1v) is 7.36. The third kappa shape index (κ3) is 2.97. The fourth-order valence-electron chi connectivity index (χ4n) is 2.64. The van der Waals surface area contributed by atoms with E-state index in [1.807, 2.05) is 20.8 Å². The molecule has 0 amide bonds. The molecule has 0 saturated heterocycles. The summed E-state index contributed by atoms with van der Waals surface area (Å²) in [6, 6.07) is 0. The van der Waals surface area contributed by atoms with E-state index in [1.165, 1.54) is 0 Å². The molecule has 1 unspecified atom stereocenters. The Labute approximate surface area is 119 Å². The van der Waals surface area contributed by atoms with Crippen LogP contribution in [0.25, 0.3) is 0 Å². The summed E-state index contributed by atoms with van der Waals surface area (Å²) in [5.74, 6) is -0.0220. The lowest BCUT2D eigenvalue weighted by molar-refractivity contribution is -0.158. The van der Waals surface area contributed by atoms with E-state index in [-0.39, 0.29) is 11.3 Å². The highest BCUT2D eigenvalue weighted by Gasteiger charge is 2.49. The Balaban J connectivity index is 2.26. The Bertz CT molecular complexity index is 451. The van der Waals surface area contributed by atoms with E-state index >= 15 is 0 Å². The summed E-state index contributed by atoms with van der Waals surface area (Å²) in [5, 5.41) is 14.3. The molecular weight excluding hydrogens is 258 g/mol. The summed E-state index contributed by atoms with van der Waals surface area (Å²) in [5.41, 5.74) is 0.112. The molecule has 1 fully saturated rings. The fraction of sp³-hybridized carbons (Fsp3) is 0.733. The Morgan fingerprint density at radius 3 is 2.70 bits per heavy atom. The number of nitrogens with zero attached hydrogens (tertiary/aromatic N) is 1. The third-order valence-corrected chi connectivity index (χ3v) is 3.86. The topological polar surface area (TPSA) is 68.1 Å².